The number of hydrogen-bond acceptors (Lipinski definition) is 4. The molecule has 4 heterocycles. The minimum Gasteiger partial charge on any atom is -0.356 e. The largest absolute Gasteiger partial charge is 0.356 e. The van der Waals surface area contributed by atoms with E-state index in [4.69, 9.17) is 4.98 Å². The van der Waals surface area contributed by atoms with E-state index in [2.05, 4.69) is 28.9 Å². The summed E-state index contributed by atoms with van der Waals surface area (Å²) in [5, 5.41) is 0. The van der Waals surface area contributed by atoms with Crippen molar-refractivity contribution in [3.05, 3.63) is 52.5 Å². The molecule has 0 aliphatic carbocycles. The number of benzene rings is 1. The maximum atomic E-state index is 13.2. The van der Waals surface area contributed by atoms with E-state index in [-0.39, 0.29) is 12.1 Å². The van der Waals surface area contributed by atoms with Gasteiger partial charge in [-0.3, -0.25) is 0 Å². The molecule has 26 heavy (non-hydrogen) atoms. The van der Waals surface area contributed by atoms with E-state index in [0.717, 1.165) is 36.0 Å². The van der Waals surface area contributed by atoms with E-state index < -0.39 is 0 Å². The fourth-order valence-electron chi connectivity index (χ4n) is 4.28. The Morgan fingerprint density at radius 1 is 1.08 bits per heavy atom. The number of fused-ring (bicyclic) bond motifs is 2. The molecule has 6 nitrogen and oxygen atoms in total. The number of nitrogens with zero attached hydrogens (tertiary/aromatic N) is 5. The summed E-state index contributed by atoms with van der Waals surface area (Å²) in [4.78, 5) is 28.8. The summed E-state index contributed by atoms with van der Waals surface area (Å²) in [6.45, 7) is 8.10. The lowest BCUT2D eigenvalue weighted by Crippen LogP contribution is -2.40. The van der Waals surface area contributed by atoms with Crippen molar-refractivity contribution in [2.75, 3.05) is 18.0 Å². The molecule has 1 fully saturated rings. The lowest BCUT2D eigenvalue weighted by molar-refractivity contribution is 0.140. The van der Waals surface area contributed by atoms with Crippen molar-refractivity contribution in [2.24, 2.45) is 0 Å². The molecule has 2 amide bonds. The van der Waals surface area contributed by atoms with Crippen LogP contribution in [0.15, 0.2) is 24.3 Å². The molecule has 3 aliphatic heterocycles. The molecule has 0 radical (unpaired) electrons. The Hall–Kier alpha value is -2.63. The number of rotatable bonds is 1. The lowest BCUT2D eigenvalue weighted by atomic mass is 10.1. The molecule has 1 unspecified atom stereocenters. The predicted molar refractivity (Wildman–Crippen MR) is 98.6 cm³/mol. The summed E-state index contributed by atoms with van der Waals surface area (Å²) < 4.78 is 0. The third-order valence-corrected chi connectivity index (χ3v) is 5.83. The van der Waals surface area contributed by atoms with Gasteiger partial charge in [0.15, 0.2) is 0 Å². The first-order valence-electron chi connectivity index (χ1n) is 9.36. The standard InChI is InChI=1S/C20H23N5O/c1-13-18-17(21-14(2)22-19(18)23-8-5-9-23)12-25(13)20(26)24-10-15-6-3-4-7-16(15)11-24/h3-4,6-7,13H,5,8-12H2,1-2H3. The second-order valence-electron chi connectivity index (χ2n) is 7.51. The van der Waals surface area contributed by atoms with E-state index in [1.54, 1.807) is 0 Å². The number of carbonyl (C=O) groups is 1. The van der Waals surface area contributed by atoms with Gasteiger partial charge in [-0.25, -0.2) is 14.8 Å². The fraction of sp³-hybridized carbons (Fsp3) is 0.450. The van der Waals surface area contributed by atoms with Crippen LogP contribution in [0.2, 0.25) is 0 Å². The lowest BCUT2D eigenvalue weighted by Gasteiger charge is -2.34. The Labute approximate surface area is 153 Å². The van der Waals surface area contributed by atoms with Gasteiger partial charge in [0.25, 0.3) is 0 Å². The molecule has 5 rings (SSSR count). The zero-order valence-corrected chi connectivity index (χ0v) is 15.3. The van der Waals surface area contributed by atoms with Crippen LogP contribution in [0, 0.1) is 6.92 Å². The van der Waals surface area contributed by atoms with Gasteiger partial charge in [-0.1, -0.05) is 24.3 Å². The Kier molecular flexibility index (Phi) is 3.42. The molecule has 134 valence electrons. The van der Waals surface area contributed by atoms with Gasteiger partial charge in [-0.2, -0.15) is 0 Å². The third kappa shape index (κ3) is 2.28. The normalized spacial score (nSPS) is 20.8. The van der Waals surface area contributed by atoms with Crippen LogP contribution in [-0.2, 0) is 19.6 Å². The minimum atomic E-state index is 0.0115. The molecule has 1 aromatic carbocycles. The average Bonchev–Trinajstić information content (AvgIpc) is 3.14. The van der Waals surface area contributed by atoms with Crippen molar-refractivity contribution < 1.29 is 4.79 Å². The molecule has 6 heteroatoms. The number of carbonyl (C=O) groups excluding carboxylic acids is 1. The topological polar surface area (TPSA) is 52.6 Å². The number of urea groups is 1. The molecule has 0 spiro atoms. The zero-order chi connectivity index (χ0) is 17.8. The Bertz CT molecular complexity index is 867. The van der Waals surface area contributed by atoms with Crippen molar-refractivity contribution in [3.8, 4) is 0 Å². The molecule has 0 N–H and O–H groups in total. The van der Waals surface area contributed by atoms with Crippen molar-refractivity contribution in [1.82, 2.24) is 19.8 Å². The highest BCUT2D eigenvalue weighted by atomic mass is 16.2. The van der Waals surface area contributed by atoms with Crippen molar-refractivity contribution in [1.29, 1.82) is 0 Å². The van der Waals surface area contributed by atoms with Crippen molar-refractivity contribution >= 4 is 11.8 Å². The number of amides is 2. The van der Waals surface area contributed by atoms with Crippen molar-refractivity contribution in [2.45, 2.75) is 45.9 Å². The number of aromatic nitrogens is 2. The summed E-state index contributed by atoms with van der Waals surface area (Å²) in [5.41, 5.74) is 4.65. The molecule has 1 atom stereocenters. The van der Waals surface area contributed by atoms with E-state index in [1.807, 2.05) is 28.9 Å². The summed E-state index contributed by atoms with van der Waals surface area (Å²) in [7, 11) is 0. The van der Waals surface area contributed by atoms with Gasteiger partial charge in [0.05, 0.1) is 18.3 Å². The number of hydrogen-bond donors (Lipinski definition) is 0. The Balaban J connectivity index is 1.42. The molecule has 0 bridgehead atoms. The van der Waals surface area contributed by atoms with Gasteiger partial charge >= 0.3 is 6.03 Å². The highest BCUT2D eigenvalue weighted by Gasteiger charge is 2.39. The van der Waals surface area contributed by atoms with Gasteiger partial charge in [-0.05, 0) is 31.4 Å². The van der Waals surface area contributed by atoms with Crippen LogP contribution in [0.25, 0.3) is 0 Å². The smallest absolute Gasteiger partial charge is 0.321 e. The molecular weight excluding hydrogens is 326 g/mol. The molecule has 2 aromatic rings. The number of anilines is 1. The first kappa shape index (κ1) is 15.6. The van der Waals surface area contributed by atoms with Gasteiger partial charge in [0.2, 0.25) is 0 Å². The van der Waals surface area contributed by atoms with Crippen LogP contribution < -0.4 is 4.90 Å². The fourth-order valence-corrected chi connectivity index (χ4v) is 4.28. The van der Waals surface area contributed by atoms with Crippen LogP contribution in [0.5, 0.6) is 0 Å². The summed E-state index contributed by atoms with van der Waals surface area (Å²) in [5.74, 6) is 1.83. The summed E-state index contributed by atoms with van der Waals surface area (Å²) in [6.07, 6.45) is 1.21. The number of aryl methyl sites for hydroxylation is 1. The third-order valence-electron chi connectivity index (χ3n) is 5.83. The van der Waals surface area contributed by atoms with Gasteiger partial charge in [0.1, 0.15) is 11.6 Å². The van der Waals surface area contributed by atoms with Gasteiger partial charge < -0.3 is 14.7 Å². The van der Waals surface area contributed by atoms with Crippen LogP contribution in [0.3, 0.4) is 0 Å². The van der Waals surface area contributed by atoms with E-state index in [1.165, 1.54) is 17.5 Å². The van der Waals surface area contributed by atoms with Crippen LogP contribution in [0.1, 0.15) is 47.6 Å². The monoisotopic (exact) mass is 349 g/mol. The molecule has 1 aromatic heterocycles. The van der Waals surface area contributed by atoms with Gasteiger partial charge in [0, 0.05) is 31.7 Å². The molecule has 1 saturated heterocycles. The molecule has 3 aliphatic rings. The quantitative estimate of drug-likeness (QED) is 0.794. The first-order chi connectivity index (χ1) is 12.6. The second-order valence-corrected chi connectivity index (χ2v) is 7.51. The minimum absolute atomic E-state index is 0.0115. The van der Waals surface area contributed by atoms with E-state index in [9.17, 15) is 4.79 Å². The van der Waals surface area contributed by atoms with E-state index >= 15 is 0 Å². The van der Waals surface area contributed by atoms with Crippen LogP contribution >= 0.6 is 0 Å². The highest BCUT2D eigenvalue weighted by molar-refractivity contribution is 5.77. The SMILES string of the molecule is Cc1nc2c(c(N3CCC3)n1)C(C)N(C(=O)N1Cc3ccccc3C1)C2. The Morgan fingerprint density at radius 3 is 2.38 bits per heavy atom. The van der Waals surface area contributed by atoms with E-state index in [0.29, 0.717) is 19.6 Å². The van der Waals surface area contributed by atoms with Gasteiger partial charge in [-0.15, -0.1) is 0 Å². The summed E-state index contributed by atoms with van der Waals surface area (Å²) in [6, 6.07) is 8.41. The average molecular weight is 349 g/mol. The Morgan fingerprint density at radius 2 is 1.77 bits per heavy atom. The van der Waals surface area contributed by atoms with Crippen molar-refractivity contribution in [3.63, 3.8) is 0 Å². The van der Waals surface area contributed by atoms with Crippen LogP contribution in [0.4, 0.5) is 10.6 Å². The summed E-state index contributed by atoms with van der Waals surface area (Å²) >= 11 is 0. The zero-order valence-electron chi connectivity index (χ0n) is 15.3. The highest BCUT2D eigenvalue weighted by Crippen LogP contribution is 2.40. The molecule has 0 saturated carbocycles. The predicted octanol–water partition coefficient (Wildman–Crippen LogP) is 3.01. The second kappa shape index (κ2) is 5.69. The first-order valence-corrected chi connectivity index (χ1v) is 9.36. The van der Waals surface area contributed by atoms with Crippen LogP contribution in [-0.4, -0.2) is 38.9 Å². The maximum Gasteiger partial charge on any atom is 0.321 e. The maximum absolute atomic E-state index is 13.2. The molecular formula is C20H23N5O.